The highest BCUT2D eigenvalue weighted by atomic mass is 14.9. The number of nitrogens with one attached hydrogen (secondary N) is 1. The highest BCUT2D eigenvalue weighted by molar-refractivity contribution is 5.19. The maximum Gasteiger partial charge on any atom is 0.0333 e. The Morgan fingerprint density at radius 3 is 2.48 bits per heavy atom. The SMILES string of the molecule is C=C(/C=C/C=C/C1CCC(C)C(C)C1)NC/C=C(\C)CCC=C(C)C. The van der Waals surface area contributed by atoms with Crippen LogP contribution in [0.25, 0.3) is 0 Å². The van der Waals surface area contributed by atoms with Gasteiger partial charge in [-0.25, -0.2) is 0 Å². The molecule has 1 saturated carbocycles. The molecule has 0 aromatic carbocycles. The van der Waals surface area contributed by atoms with Gasteiger partial charge in [-0.3, -0.25) is 0 Å². The molecule has 1 aliphatic carbocycles. The minimum Gasteiger partial charge on any atom is -0.382 e. The second-order valence-corrected chi connectivity index (χ2v) is 8.05. The summed E-state index contributed by atoms with van der Waals surface area (Å²) in [6, 6.07) is 0. The van der Waals surface area contributed by atoms with Crippen molar-refractivity contribution in [2.45, 2.75) is 66.7 Å². The summed E-state index contributed by atoms with van der Waals surface area (Å²) in [6.45, 7) is 16.2. The predicted octanol–water partition coefficient (Wildman–Crippen LogP) is 6.97. The summed E-state index contributed by atoms with van der Waals surface area (Å²) in [5.41, 5.74) is 3.81. The molecule has 1 rings (SSSR count). The van der Waals surface area contributed by atoms with E-state index in [1.165, 1.54) is 30.4 Å². The first-order valence-electron chi connectivity index (χ1n) is 9.95. The monoisotopic (exact) mass is 341 g/mol. The van der Waals surface area contributed by atoms with Gasteiger partial charge in [-0.1, -0.05) is 62.0 Å². The van der Waals surface area contributed by atoms with Crippen LogP contribution in [0, 0.1) is 17.8 Å². The van der Waals surface area contributed by atoms with Gasteiger partial charge in [0.05, 0.1) is 0 Å². The maximum atomic E-state index is 4.07. The highest BCUT2D eigenvalue weighted by Crippen LogP contribution is 2.33. The lowest BCUT2D eigenvalue weighted by molar-refractivity contribution is 0.237. The van der Waals surface area contributed by atoms with E-state index < -0.39 is 0 Å². The number of rotatable bonds is 9. The second-order valence-electron chi connectivity index (χ2n) is 8.05. The fourth-order valence-electron chi connectivity index (χ4n) is 3.26. The second kappa shape index (κ2) is 12.0. The van der Waals surface area contributed by atoms with E-state index in [1.54, 1.807) is 0 Å². The molecule has 1 aliphatic rings. The quantitative estimate of drug-likeness (QED) is 0.353. The highest BCUT2D eigenvalue weighted by Gasteiger charge is 2.22. The first-order valence-corrected chi connectivity index (χ1v) is 9.95. The van der Waals surface area contributed by atoms with Crippen molar-refractivity contribution in [1.82, 2.24) is 5.32 Å². The molecule has 1 fully saturated rings. The van der Waals surface area contributed by atoms with Crippen molar-refractivity contribution in [3.63, 3.8) is 0 Å². The van der Waals surface area contributed by atoms with Gasteiger partial charge < -0.3 is 5.32 Å². The Kier molecular flexibility index (Phi) is 10.3. The zero-order valence-corrected chi connectivity index (χ0v) is 17.1. The van der Waals surface area contributed by atoms with E-state index in [4.69, 9.17) is 0 Å². The molecule has 0 aromatic rings. The van der Waals surface area contributed by atoms with Crippen LogP contribution in [0.3, 0.4) is 0 Å². The molecule has 0 radical (unpaired) electrons. The van der Waals surface area contributed by atoms with Crippen LogP contribution >= 0.6 is 0 Å². The van der Waals surface area contributed by atoms with E-state index in [-0.39, 0.29) is 0 Å². The molecule has 140 valence electrons. The Morgan fingerprint density at radius 1 is 1.04 bits per heavy atom. The molecule has 0 heterocycles. The van der Waals surface area contributed by atoms with Crippen LogP contribution in [0.15, 0.2) is 59.9 Å². The van der Waals surface area contributed by atoms with Crippen molar-refractivity contribution in [3.8, 4) is 0 Å². The lowest BCUT2D eigenvalue weighted by Crippen LogP contribution is -2.19. The molecule has 1 heteroatoms. The van der Waals surface area contributed by atoms with Gasteiger partial charge in [-0.15, -0.1) is 0 Å². The van der Waals surface area contributed by atoms with Crippen LogP contribution in [0.2, 0.25) is 0 Å². The van der Waals surface area contributed by atoms with Crippen LogP contribution in [0.1, 0.15) is 66.7 Å². The summed E-state index contributed by atoms with van der Waals surface area (Å²) in [5.74, 6) is 2.50. The molecule has 0 bridgehead atoms. The molecule has 0 amide bonds. The maximum absolute atomic E-state index is 4.07. The topological polar surface area (TPSA) is 12.0 Å². The van der Waals surface area contributed by atoms with E-state index in [0.717, 1.165) is 42.8 Å². The zero-order chi connectivity index (χ0) is 18.7. The molecule has 3 unspecified atom stereocenters. The summed E-state index contributed by atoms with van der Waals surface area (Å²) in [5, 5.41) is 3.36. The molecule has 0 saturated heterocycles. The van der Waals surface area contributed by atoms with Crippen molar-refractivity contribution in [2.75, 3.05) is 6.54 Å². The molecule has 3 atom stereocenters. The smallest absolute Gasteiger partial charge is 0.0333 e. The van der Waals surface area contributed by atoms with Crippen LogP contribution in [-0.4, -0.2) is 6.54 Å². The first-order chi connectivity index (χ1) is 11.9. The standard InChI is InChI=1S/C24H39N/c1-19(2)10-9-11-20(3)16-17-25-23(6)12-7-8-13-24-15-14-21(4)22(5)18-24/h7-8,10,12-13,16,21-22,24-25H,6,9,11,14-15,17-18H2,1-5H3/b12-7+,13-8+,20-16+. The lowest BCUT2D eigenvalue weighted by Gasteiger charge is -2.30. The Labute approximate surface area is 156 Å². The summed E-state index contributed by atoms with van der Waals surface area (Å²) in [7, 11) is 0. The minimum absolute atomic E-state index is 0.753. The Hall–Kier alpha value is -1.50. The van der Waals surface area contributed by atoms with Crippen molar-refractivity contribution in [1.29, 1.82) is 0 Å². The van der Waals surface area contributed by atoms with Crippen molar-refractivity contribution >= 4 is 0 Å². The third kappa shape index (κ3) is 10.2. The zero-order valence-electron chi connectivity index (χ0n) is 17.1. The number of hydrogen-bond acceptors (Lipinski definition) is 1. The van der Waals surface area contributed by atoms with Gasteiger partial charge in [-0.05, 0) is 76.7 Å². The minimum atomic E-state index is 0.753. The Bertz CT molecular complexity index is 514. The van der Waals surface area contributed by atoms with Gasteiger partial charge in [0.1, 0.15) is 0 Å². The molecular formula is C24H39N. The Morgan fingerprint density at radius 2 is 1.80 bits per heavy atom. The van der Waals surface area contributed by atoms with E-state index in [0.29, 0.717) is 0 Å². The van der Waals surface area contributed by atoms with Crippen LogP contribution in [0.4, 0.5) is 0 Å². The van der Waals surface area contributed by atoms with Crippen molar-refractivity contribution < 1.29 is 0 Å². The van der Waals surface area contributed by atoms with Crippen molar-refractivity contribution in [2.24, 2.45) is 17.8 Å². The van der Waals surface area contributed by atoms with Gasteiger partial charge in [0, 0.05) is 12.2 Å². The fourth-order valence-corrected chi connectivity index (χ4v) is 3.26. The van der Waals surface area contributed by atoms with E-state index in [2.05, 4.69) is 83.0 Å². The van der Waals surface area contributed by atoms with Crippen molar-refractivity contribution in [3.05, 3.63) is 59.9 Å². The predicted molar refractivity (Wildman–Crippen MR) is 114 cm³/mol. The lowest BCUT2D eigenvalue weighted by atomic mass is 9.76. The molecule has 25 heavy (non-hydrogen) atoms. The number of hydrogen-bond donors (Lipinski definition) is 1. The fraction of sp³-hybridized carbons (Fsp3) is 0.583. The summed E-state index contributed by atoms with van der Waals surface area (Å²) < 4.78 is 0. The van der Waals surface area contributed by atoms with Gasteiger partial charge in [0.15, 0.2) is 0 Å². The summed E-state index contributed by atoms with van der Waals surface area (Å²) >= 11 is 0. The largest absolute Gasteiger partial charge is 0.382 e. The van der Waals surface area contributed by atoms with E-state index in [1.807, 2.05) is 0 Å². The normalized spacial score (nSPS) is 24.7. The summed E-state index contributed by atoms with van der Waals surface area (Å²) in [6.07, 6.45) is 19.6. The van der Waals surface area contributed by atoms with E-state index >= 15 is 0 Å². The van der Waals surface area contributed by atoms with E-state index in [9.17, 15) is 0 Å². The molecule has 1 nitrogen and oxygen atoms in total. The van der Waals surface area contributed by atoms with Gasteiger partial charge in [0.25, 0.3) is 0 Å². The average molecular weight is 342 g/mol. The van der Waals surface area contributed by atoms with Gasteiger partial charge >= 0.3 is 0 Å². The molecule has 0 aliphatic heterocycles. The van der Waals surface area contributed by atoms with Crippen LogP contribution < -0.4 is 5.32 Å². The molecule has 0 spiro atoms. The number of allylic oxidation sites excluding steroid dienone is 7. The van der Waals surface area contributed by atoms with Gasteiger partial charge in [-0.2, -0.15) is 0 Å². The molecular weight excluding hydrogens is 302 g/mol. The molecule has 1 N–H and O–H groups in total. The average Bonchev–Trinajstić information content (AvgIpc) is 2.54. The third-order valence-corrected chi connectivity index (χ3v) is 5.30. The summed E-state index contributed by atoms with van der Waals surface area (Å²) in [4.78, 5) is 0. The Balaban J connectivity index is 2.24. The van der Waals surface area contributed by atoms with Crippen LogP contribution in [-0.2, 0) is 0 Å². The molecule has 0 aromatic heterocycles. The van der Waals surface area contributed by atoms with Gasteiger partial charge in [0.2, 0.25) is 0 Å². The van der Waals surface area contributed by atoms with Crippen LogP contribution in [0.5, 0.6) is 0 Å². The first kappa shape index (κ1) is 21.5. The third-order valence-electron chi connectivity index (χ3n) is 5.30.